The van der Waals surface area contributed by atoms with E-state index in [-0.39, 0.29) is 0 Å². The summed E-state index contributed by atoms with van der Waals surface area (Å²) in [5, 5.41) is 3.77. The van der Waals surface area contributed by atoms with Gasteiger partial charge < -0.3 is 10.2 Å². The lowest BCUT2D eigenvalue weighted by Crippen LogP contribution is -2.25. The summed E-state index contributed by atoms with van der Waals surface area (Å²) in [5.74, 6) is 0.649. The number of rotatable bonds is 9. The van der Waals surface area contributed by atoms with Crippen LogP contribution in [0.15, 0.2) is 6.07 Å². The largest absolute Gasteiger partial charge is 0.354 e. The molecule has 19 heavy (non-hydrogen) atoms. The van der Waals surface area contributed by atoms with Crippen LogP contribution in [0.3, 0.4) is 0 Å². The van der Waals surface area contributed by atoms with E-state index >= 15 is 0 Å². The van der Waals surface area contributed by atoms with Gasteiger partial charge in [0.25, 0.3) is 0 Å². The van der Waals surface area contributed by atoms with Gasteiger partial charge in [0, 0.05) is 12.2 Å². The summed E-state index contributed by atoms with van der Waals surface area (Å²) in [7, 11) is 0. The minimum atomic E-state index is 0.518. The standard InChI is InChI=1S/C14H25ClN4/c1-4-8-12-11-13(15)18-14(17-12)16-9-7-10-19(5-2)6-3/h11H,4-10H2,1-3H3,(H,16,17,18). The molecule has 0 saturated heterocycles. The topological polar surface area (TPSA) is 41.1 Å². The zero-order valence-corrected chi connectivity index (χ0v) is 13.0. The summed E-state index contributed by atoms with van der Waals surface area (Å²) in [5.41, 5.74) is 1.01. The molecule has 0 unspecified atom stereocenters. The summed E-state index contributed by atoms with van der Waals surface area (Å²) in [4.78, 5) is 11.1. The maximum Gasteiger partial charge on any atom is 0.224 e. The minimum Gasteiger partial charge on any atom is -0.354 e. The lowest BCUT2D eigenvalue weighted by atomic mass is 10.2. The highest BCUT2D eigenvalue weighted by molar-refractivity contribution is 6.29. The lowest BCUT2D eigenvalue weighted by molar-refractivity contribution is 0.303. The fourth-order valence-corrected chi connectivity index (χ4v) is 2.18. The van der Waals surface area contributed by atoms with Crippen molar-refractivity contribution in [1.29, 1.82) is 0 Å². The molecule has 1 N–H and O–H groups in total. The van der Waals surface area contributed by atoms with Crippen LogP contribution in [-0.4, -0.2) is 41.0 Å². The van der Waals surface area contributed by atoms with E-state index in [1.54, 1.807) is 0 Å². The molecule has 1 heterocycles. The normalized spacial score (nSPS) is 11.0. The first-order valence-electron chi connectivity index (χ1n) is 7.19. The van der Waals surface area contributed by atoms with E-state index in [0.717, 1.165) is 51.1 Å². The third kappa shape index (κ3) is 6.21. The van der Waals surface area contributed by atoms with Gasteiger partial charge >= 0.3 is 0 Å². The number of aromatic nitrogens is 2. The Hall–Kier alpha value is -0.870. The van der Waals surface area contributed by atoms with Crippen molar-refractivity contribution < 1.29 is 0 Å². The van der Waals surface area contributed by atoms with E-state index in [1.165, 1.54) is 0 Å². The van der Waals surface area contributed by atoms with Gasteiger partial charge in [0.1, 0.15) is 5.15 Å². The second-order valence-electron chi connectivity index (χ2n) is 4.56. The van der Waals surface area contributed by atoms with Crippen molar-refractivity contribution in [3.8, 4) is 0 Å². The minimum absolute atomic E-state index is 0.518. The van der Waals surface area contributed by atoms with Gasteiger partial charge in [-0.1, -0.05) is 38.8 Å². The van der Waals surface area contributed by atoms with Crippen LogP contribution in [0.5, 0.6) is 0 Å². The molecule has 0 amide bonds. The molecular weight excluding hydrogens is 260 g/mol. The molecule has 0 aliphatic carbocycles. The average Bonchev–Trinajstić information content (AvgIpc) is 2.39. The van der Waals surface area contributed by atoms with Crippen molar-refractivity contribution in [2.24, 2.45) is 0 Å². The Morgan fingerprint density at radius 2 is 1.95 bits per heavy atom. The van der Waals surface area contributed by atoms with Gasteiger partial charge in [-0.3, -0.25) is 0 Å². The number of anilines is 1. The summed E-state index contributed by atoms with van der Waals surface area (Å²) in [6.45, 7) is 10.7. The van der Waals surface area contributed by atoms with Gasteiger partial charge in [-0.2, -0.15) is 0 Å². The molecular formula is C14H25ClN4. The molecule has 108 valence electrons. The molecule has 0 atom stereocenters. The van der Waals surface area contributed by atoms with Gasteiger partial charge in [-0.25, -0.2) is 9.97 Å². The number of hydrogen-bond donors (Lipinski definition) is 1. The van der Waals surface area contributed by atoms with Crippen molar-refractivity contribution in [2.75, 3.05) is 31.5 Å². The molecule has 0 fully saturated rings. The van der Waals surface area contributed by atoms with Gasteiger partial charge in [0.15, 0.2) is 0 Å². The summed E-state index contributed by atoms with van der Waals surface area (Å²) >= 11 is 5.99. The number of halogens is 1. The molecule has 0 radical (unpaired) electrons. The van der Waals surface area contributed by atoms with E-state index in [0.29, 0.717) is 11.1 Å². The highest BCUT2D eigenvalue weighted by atomic mass is 35.5. The van der Waals surface area contributed by atoms with Crippen LogP contribution >= 0.6 is 11.6 Å². The van der Waals surface area contributed by atoms with Crippen LogP contribution in [0, 0.1) is 0 Å². The molecule has 0 aliphatic heterocycles. The van der Waals surface area contributed by atoms with E-state index < -0.39 is 0 Å². The van der Waals surface area contributed by atoms with E-state index in [2.05, 4.69) is 41.0 Å². The number of aryl methyl sites for hydroxylation is 1. The van der Waals surface area contributed by atoms with Crippen molar-refractivity contribution >= 4 is 17.5 Å². The third-order valence-corrected chi connectivity index (χ3v) is 3.28. The number of hydrogen-bond acceptors (Lipinski definition) is 4. The highest BCUT2D eigenvalue weighted by Crippen LogP contribution is 2.11. The zero-order valence-electron chi connectivity index (χ0n) is 12.2. The van der Waals surface area contributed by atoms with Crippen LogP contribution < -0.4 is 5.32 Å². The van der Waals surface area contributed by atoms with Crippen molar-refractivity contribution in [3.05, 3.63) is 16.9 Å². The Bertz CT molecular complexity index is 366. The maximum atomic E-state index is 5.99. The first kappa shape index (κ1) is 16.2. The Balaban J connectivity index is 2.40. The monoisotopic (exact) mass is 284 g/mol. The molecule has 4 nitrogen and oxygen atoms in total. The molecule has 0 spiro atoms. The van der Waals surface area contributed by atoms with Crippen LogP contribution in [0.2, 0.25) is 5.15 Å². The first-order valence-corrected chi connectivity index (χ1v) is 7.57. The third-order valence-electron chi connectivity index (χ3n) is 3.08. The fourth-order valence-electron chi connectivity index (χ4n) is 1.97. The zero-order chi connectivity index (χ0) is 14.1. The Morgan fingerprint density at radius 3 is 2.58 bits per heavy atom. The molecule has 1 aromatic heterocycles. The first-order chi connectivity index (χ1) is 9.19. The predicted molar refractivity (Wildman–Crippen MR) is 81.9 cm³/mol. The molecule has 0 aliphatic rings. The molecule has 0 bridgehead atoms. The molecule has 0 aromatic carbocycles. The summed E-state index contributed by atoms with van der Waals surface area (Å²) in [6.07, 6.45) is 3.09. The van der Waals surface area contributed by atoms with Crippen LogP contribution in [-0.2, 0) is 6.42 Å². The molecule has 0 saturated carbocycles. The van der Waals surface area contributed by atoms with Crippen molar-refractivity contribution in [2.45, 2.75) is 40.0 Å². The number of nitrogens with one attached hydrogen (secondary N) is 1. The van der Waals surface area contributed by atoms with E-state index in [1.807, 2.05) is 6.07 Å². The Kier molecular flexibility index (Phi) is 7.75. The Morgan fingerprint density at radius 1 is 1.21 bits per heavy atom. The maximum absolute atomic E-state index is 5.99. The van der Waals surface area contributed by atoms with Crippen LogP contribution in [0.4, 0.5) is 5.95 Å². The van der Waals surface area contributed by atoms with Gasteiger partial charge in [-0.05, 0) is 38.5 Å². The average molecular weight is 285 g/mol. The number of nitrogens with zero attached hydrogens (tertiary/aromatic N) is 3. The van der Waals surface area contributed by atoms with Crippen LogP contribution in [0.1, 0.15) is 39.3 Å². The van der Waals surface area contributed by atoms with Crippen molar-refractivity contribution in [1.82, 2.24) is 14.9 Å². The second kappa shape index (κ2) is 9.10. The van der Waals surface area contributed by atoms with E-state index in [9.17, 15) is 0 Å². The summed E-state index contributed by atoms with van der Waals surface area (Å²) in [6, 6.07) is 1.84. The Labute approximate surface area is 121 Å². The molecule has 1 rings (SSSR count). The lowest BCUT2D eigenvalue weighted by Gasteiger charge is -2.17. The summed E-state index contributed by atoms with van der Waals surface area (Å²) < 4.78 is 0. The molecule has 5 heteroatoms. The highest BCUT2D eigenvalue weighted by Gasteiger charge is 2.03. The van der Waals surface area contributed by atoms with Gasteiger partial charge in [0.2, 0.25) is 5.95 Å². The fraction of sp³-hybridized carbons (Fsp3) is 0.714. The SMILES string of the molecule is CCCc1cc(Cl)nc(NCCCN(CC)CC)n1. The van der Waals surface area contributed by atoms with E-state index in [4.69, 9.17) is 11.6 Å². The van der Waals surface area contributed by atoms with Gasteiger partial charge in [0.05, 0.1) is 0 Å². The van der Waals surface area contributed by atoms with Crippen molar-refractivity contribution in [3.63, 3.8) is 0 Å². The molecule has 1 aromatic rings. The quantitative estimate of drug-likeness (QED) is 0.558. The second-order valence-corrected chi connectivity index (χ2v) is 4.95. The smallest absolute Gasteiger partial charge is 0.224 e. The van der Waals surface area contributed by atoms with Crippen LogP contribution in [0.25, 0.3) is 0 Å². The predicted octanol–water partition coefficient (Wildman–Crippen LogP) is 3.23. The van der Waals surface area contributed by atoms with Gasteiger partial charge in [-0.15, -0.1) is 0 Å².